The molecule has 0 fully saturated rings. The summed E-state index contributed by atoms with van der Waals surface area (Å²) < 4.78 is 0. The van der Waals surface area contributed by atoms with E-state index in [1.807, 2.05) is 0 Å². The van der Waals surface area contributed by atoms with Crippen molar-refractivity contribution in [2.75, 3.05) is 6.54 Å². The van der Waals surface area contributed by atoms with Gasteiger partial charge in [0.15, 0.2) is 0 Å². The Hall–Kier alpha value is 0.630. The molecule has 0 radical (unpaired) electrons. The average molecular weight is 81.0 g/mol. The number of rotatable bonds is 1. The molecule has 2 N–H and O–H groups in total. The van der Waals surface area contributed by atoms with Gasteiger partial charge in [-0.15, -0.1) is 6.54 Å². The normalized spacial score (nSPS) is 5.00. The summed E-state index contributed by atoms with van der Waals surface area (Å²) in [6.07, 6.45) is 1.46. The monoisotopic (exact) mass is 81.0 g/mol. The maximum atomic E-state index is 8.92. The minimum absolute atomic E-state index is 0. The van der Waals surface area contributed by atoms with Gasteiger partial charge in [-0.3, -0.25) is 6.29 Å². The van der Waals surface area contributed by atoms with Crippen LogP contribution in [-0.2, 0) is 4.79 Å². The van der Waals surface area contributed by atoms with Gasteiger partial charge in [0.25, 0.3) is 0 Å². The van der Waals surface area contributed by atoms with Gasteiger partial charge in [0.05, 0.1) is 0 Å². The van der Waals surface area contributed by atoms with E-state index in [1.54, 1.807) is 0 Å². The van der Waals surface area contributed by atoms with Gasteiger partial charge in [-0.1, -0.05) is 0 Å². The Balaban J connectivity index is 0. The van der Waals surface area contributed by atoms with Crippen molar-refractivity contribution >= 4 is 6.29 Å². The molecule has 5 heavy (non-hydrogen) atoms. The standard InChI is InChI=1S/C2H4NO.Na/c3-1-2-4;/h1,3H2;/q-1;+1. The molecule has 0 atom stereocenters. The SMILES string of the molecule is NC[C-]=O.[Na+]. The summed E-state index contributed by atoms with van der Waals surface area (Å²) in [5.41, 5.74) is 4.60. The minimum atomic E-state index is 0. The molecule has 0 rings (SSSR count). The Morgan fingerprint density at radius 2 is 2.00 bits per heavy atom. The first-order valence-corrected chi connectivity index (χ1v) is 0.966. The average Bonchev–Trinajstić information content (AvgIpc) is 1.37. The van der Waals surface area contributed by atoms with Gasteiger partial charge in [-0.05, 0) is 0 Å². The maximum Gasteiger partial charge on any atom is 1.00 e. The van der Waals surface area contributed by atoms with Crippen LogP contribution in [0.25, 0.3) is 0 Å². The van der Waals surface area contributed by atoms with Gasteiger partial charge in [-0.2, -0.15) is 0 Å². The van der Waals surface area contributed by atoms with E-state index in [2.05, 4.69) is 5.73 Å². The molecule has 0 aliphatic carbocycles. The van der Waals surface area contributed by atoms with Crippen molar-refractivity contribution < 1.29 is 34.4 Å². The summed E-state index contributed by atoms with van der Waals surface area (Å²) >= 11 is 0. The molecule has 3 heteroatoms. The second kappa shape index (κ2) is 8.82. The molecule has 0 aromatic carbocycles. The van der Waals surface area contributed by atoms with Crippen molar-refractivity contribution in [1.82, 2.24) is 0 Å². The largest absolute Gasteiger partial charge is 1.00 e. The van der Waals surface area contributed by atoms with Crippen molar-refractivity contribution in [3.05, 3.63) is 0 Å². The third-order valence-electron chi connectivity index (χ3n) is 0.0833. The van der Waals surface area contributed by atoms with E-state index >= 15 is 0 Å². The van der Waals surface area contributed by atoms with Crippen LogP contribution in [0.15, 0.2) is 0 Å². The summed E-state index contributed by atoms with van der Waals surface area (Å²) in [6, 6.07) is 0. The topological polar surface area (TPSA) is 43.1 Å². The molecule has 0 bridgehead atoms. The first-order valence-electron chi connectivity index (χ1n) is 0.966. The van der Waals surface area contributed by atoms with Crippen molar-refractivity contribution in [1.29, 1.82) is 0 Å². The zero-order valence-corrected chi connectivity index (χ0v) is 5.19. The van der Waals surface area contributed by atoms with Crippen molar-refractivity contribution in [3.8, 4) is 0 Å². The van der Waals surface area contributed by atoms with Crippen LogP contribution >= 0.6 is 0 Å². The number of hydrogen-bond donors (Lipinski definition) is 1. The minimum Gasteiger partial charge on any atom is -0.541 e. The Bertz CT molecular complexity index is 23.6. The zero-order chi connectivity index (χ0) is 3.41. The second-order valence-electron chi connectivity index (χ2n) is 0.348. The van der Waals surface area contributed by atoms with Crippen LogP contribution < -0.4 is 35.3 Å². The van der Waals surface area contributed by atoms with E-state index in [9.17, 15) is 0 Å². The van der Waals surface area contributed by atoms with Crippen LogP contribution in [0.3, 0.4) is 0 Å². The summed E-state index contributed by atoms with van der Waals surface area (Å²) in [6.45, 7) is 0.0139. The molecule has 0 aliphatic heterocycles. The molecule has 0 amide bonds. The van der Waals surface area contributed by atoms with E-state index in [0.717, 1.165) is 0 Å². The van der Waals surface area contributed by atoms with Crippen molar-refractivity contribution in [2.45, 2.75) is 0 Å². The van der Waals surface area contributed by atoms with E-state index < -0.39 is 0 Å². The molecule has 0 aliphatic rings. The number of carbonyl (C=O) groups excluding carboxylic acids is 1. The fourth-order valence-electron chi connectivity index (χ4n) is 0. The Morgan fingerprint density at radius 3 is 2.00 bits per heavy atom. The van der Waals surface area contributed by atoms with E-state index in [4.69, 9.17) is 4.79 Å². The summed E-state index contributed by atoms with van der Waals surface area (Å²) in [5, 5.41) is 0. The zero-order valence-electron chi connectivity index (χ0n) is 3.19. The molecule has 0 spiro atoms. The van der Waals surface area contributed by atoms with Gasteiger partial charge in [0, 0.05) is 0 Å². The quantitative estimate of drug-likeness (QED) is 0.259. The summed E-state index contributed by atoms with van der Waals surface area (Å²) in [5.74, 6) is 0. The first-order chi connectivity index (χ1) is 1.91. The fraction of sp³-hybridized carbons (Fsp3) is 0.500. The van der Waals surface area contributed by atoms with Crippen LogP contribution in [0.4, 0.5) is 0 Å². The van der Waals surface area contributed by atoms with Crippen LogP contribution in [0.2, 0.25) is 0 Å². The Kier molecular flexibility index (Phi) is 16.2. The molecular formula is C2H4NNaO. The molecule has 24 valence electrons. The van der Waals surface area contributed by atoms with E-state index in [1.165, 1.54) is 6.29 Å². The van der Waals surface area contributed by atoms with Crippen LogP contribution in [0, 0.1) is 0 Å². The number of hydrogen-bond acceptors (Lipinski definition) is 2. The molecule has 0 heterocycles. The third kappa shape index (κ3) is 12.1. The molecule has 0 aromatic rings. The van der Waals surface area contributed by atoms with Crippen LogP contribution in [0.5, 0.6) is 0 Å². The maximum absolute atomic E-state index is 8.92. The summed E-state index contributed by atoms with van der Waals surface area (Å²) in [4.78, 5) is 8.92. The predicted molar refractivity (Wildman–Crippen MR) is 14.7 cm³/mol. The van der Waals surface area contributed by atoms with Gasteiger partial charge in [0.1, 0.15) is 0 Å². The second-order valence-corrected chi connectivity index (χ2v) is 0.348. The molecule has 0 saturated heterocycles. The van der Waals surface area contributed by atoms with E-state index in [0.29, 0.717) is 0 Å². The molecule has 0 saturated carbocycles. The van der Waals surface area contributed by atoms with Crippen molar-refractivity contribution in [2.24, 2.45) is 5.73 Å². The van der Waals surface area contributed by atoms with Gasteiger partial charge < -0.3 is 10.5 Å². The Morgan fingerprint density at radius 1 is 1.80 bits per heavy atom. The van der Waals surface area contributed by atoms with Gasteiger partial charge in [0.2, 0.25) is 0 Å². The van der Waals surface area contributed by atoms with Gasteiger partial charge in [-0.25, -0.2) is 0 Å². The molecule has 0 unspecified atom stereocenters. The van der Waals surface area contributed by atoms with Crippen molar-refractivity contribution in [3.63, 3.8) is 0 Å². The molecular weight excluding hydrogens is 77.0 g/mol. The van der Waals surface area contributed by atoms with E-state index in [-0.39, 0.29) is 36.1 Å². The molecule has 2 nitrogen and oxygen atoms in total. The first kappa shape index (κ1) is 9.16. The van der Waals surface area contributed by atoms with Crippen LogP contribution in [0.1, 0.15) is 0 Å². The predicted octanol–water partition coefficient (Wildman–Crippen LogP) is -3.94. The fourth-order valence-corrected chi connectivity index (χ4v) is 0. The van der Waals surface area contributed by atoms with Gasteiger partial charge >= 0.3 is 29.6 Å². The number of nitrogens with two attached hydrogens (primary N) is 1. The summed E-state index contributed by atoms with van der Waals surface area (Å²) in [7, 11) is 0. The molecule has 0 aromatic heterocycles. The van der Waals surface area contributed by atoms with Crippen LogP contribution in [-0.4, -0.2) is 12.8 Å². The Labute approximate surface area is 53.0 Å². The smallest absolute Gasteiger partial charge is 0.541 e. The third-order valence-corrected chi connectivity index (χ3v) is 0.0833.